The van der Waals surface area contributed by atoms with E-state index in [9.17, 15) is 0 Å². The highest BCUT2D eigenvalue weighted by atomic mass is 15.1. The van der Waals surface area contributed by atoms with Crippen LogP contribution < -0.4 is 11.1 Å². The van der Waals surface area contributed by atoms with E-state index in [1.54, 1.807) is 0 Å². The van der Waals surface area contributed by atoms with E-state index in [0.29, 0.717) is 5.95 Å². The number of nitrogens with one attached hydrogen (secondary N) is 1. The highest BCUT2D eigenvalue weighted by molar-refractivity contribution is 5.92. The minimum Gasteiger partial charge on any atom is -0.350 e. The van der Waals surface area contributed by atoms with Crippen molar-refractivity contribution in [1.82, 2.24) is 15.0 Å². The smallest absolute Gasteiger partial charge is 0.223 e. The second-order valence-corrected chi connectivity index (χ2v) is 6.89. The largest absolute Gasteiger partial charge is 0.350 e. The zero-order chi connectivity index (χ0) is 17.2. The summed E-state index contributed by atoms with van der Waals surface area (Å²) in [5.74, 6) is 0.648. The Labute approximate surface area is 147 Å². The Balaban J connectivity index is 1.73. The summed E-state index contributed by atoms with van der Waals surface area (Å²) in [6.45, 7) is 2.09. The lowest BCUT2D eigenvalue weighted by molar-refractivity contribution is 0.402. The summed E-state index contributed by atoms with van der Waals surface area (Å²) in [7, 11) is 0. The van der Waals surface area contributed by atoms with Crippen LogP contribution in [0.15, 0.2) is 42.9 Å². The molecular weight excluding hydrogens is 310 g/mol. The molecule has 25 heavy (non-hydrogen) atoms. The fraction of sp³-hybridized carbons (Fsp3) is 0.350. The van der Waals surface area contributed by atoms with Gasteiger partial charge >= 0.3 is 0 Å². The molecule has 5 nitrogen and oxygen atoms in total. The van der Waals surface area contributed by atoms with Crippen LogP contribution in [0.3, 0.4) is 0 Å². The molecule has 1 aromatic carbocycles. The van der Waals surface area contributed by atoms with Gasteiger partial charge in [-0.05, 0) is 25.3 Å². The van der Waals surface area contributed by atoms with Gasteiger partial charge in [-0.2, -0.15) is 0 Å². The van der Waals surface area contributed by atoms with E-state index in [-0.39, 0.29) is 12.1 Å². The molecule has 0 amide bonds. The number of nitrogens with zero attached hydrogens (tertiary/aromatic N) is 3. The highest BCUT2D eigenvalue weighted by Crippen LogP contribution is 2.28. The second-order valence-electron chi connectivity index (χ2n) is 6.89. The summed E-state index contributed by atoms with van der Waals surface area (Å²) >= 11 is 0. The molecule has 128 valence electrons. The molecule has 4 rings (SSSR count). The van der Waals surface area contributed by atoms with Crippen molar-refractivity contribution in [3.8, 4) is 11.1 Å². The standard InChI is InChI=1S/C20H23N5/c1-13-5-4-6-14(9-13)16-12-22-10-15-11-23-20(25-19(15)16)24-18-8-3-2-7-17(18)21/h4-6,9-12,17-18H,2-3,7-8,21H2,1H3,(H,23,24,25)/t17-,18+/m0/s1. The third-order valence-electron chi connectivity index (χ3n) is 4.95. The molecule has 0 radical (unpaired) electrons. The molecule has 1 fully saturated rings. The SMILES string of the molecule is Cc1cccc(-c2cncc3cnc(N[C@@H]4CCCC[C@@H]4N)nc23)c1. The maximum Gasteiger partial charge on any atom is 0.223 e. The van der Waals surface area contributed by atoms with Crippen molar-refractivity contribution in [3.63, 3.8) is 0 Å². The van der Waals surface area contributed by atoms with Crippen LogP contribution in [-0.2, 0) is 0 Å². The summed E-state index contributed by atoms with van der Waals surface area (Å²) in [6, 6.07) is 8.81. The van der Waals surface area contributed by atoms with E-state index in [4.69, 9.17) is 10.7 Å². The van der Waals surface area contributed by atoms with E-state index in [1.807, 2.05) is 18.6 Å². The maximum atomic E-state index is 6.25. The Bertz CT molecular complexity index is 892. The number of nitrogens with two attached hydrogens (primary N) is 1. The van der Waals surface area contributed by atoms with Crippen LogP contribution >= 0.6 is 0 Å². The molecule has 1 saturated carbocycles. The second kappa shape index (κ2) is 6.76. The molecule has 1 aliphatic rings. The minimum atomic E-state index is 0.168. The van der Waals surface area contributed by atoms with E-state index in [2.05, 4.69) is 46.5 Å². The third-order valence-corrected chi connectivity index (χ3v) is 4.95. The van der Waals surface area contributed by atoms with Crippen LogP contribution in [0.4, 0.5) is 5.95 Å². The first-order valence-electron chi connectivity index (χ1n) is 8.90. The molecule has 3 aromatic rings. The average molecular weight is 333 g/mol. The van der Waals surface area contributed by atoms with E-state index >= 15 is 0 Å². The average Bonchev–Trinajstić information content (AvgIpc) is 2.63. The van der Waals surface area contributed by atoms with Crippen molar-refractivity contribution < 1.29 is 0 Å². The maximum absolute atomic E-state index is 6.25. The highest BCUT2D eigenvalue weighted by Gasteiger charge is 2.22. The lowest BCUT2D eigenvalue weighted by Crippen LogP contribution is -2.42. The number of aromatic nitrogens is 3. The molecule has 0 saturated heterocycles. The molecule has 2 heterocycles. The Kier molecular flexibility index (Phi) is 4.32. The Morgan fingerprint density at radius 1 is 1.12 bits per heavy atom. The van der Waals surface area contributed by atoms with Crippen LogP contribution in [0, 0.1) is 6.92 Å². The summed E-state index contributed by atoms with van der Waals surface area (Å²) in [5.41, 5.74) is 10.5. The number of hydrogen-bond acceptors (Lipinski definition) is 5. The van der Waals surface area contributed by atoms with Gasteiger partial charge in [0.15, 0.2) is 0 Å². The fourth-order valence-electron chi connectivity index (χ4n) is 3.55. The Morgan fingerprint density at radius 3 is 2.84 bits per heavy atom. The van der Waals surface area contributed by atoms with E-state index in [1.165, 1.54) is 18.4 Å². The molecule has 2 atom stereocenters. The number of pyridine rings is 1. The lowest BCUT2D eigenvalue weighted by atomic mass is 9.91. The molecule has 5 heteroatoms. The molecular formula is C20H23N5. The number of anilines is 1. The van der Waals surface area contributed by atoms with Crippen LogP contribution in [0.5, 0.6) is 0 Å². The quantitative estimate of drug-likeness (QED) is 0.764. The minimum absolute atomic E-state index is 0.168. The Morgan fingerprint density at radius 2 is 2.00 bits per heavy atom. The summed E-state index contributed by atoms with van der Waals surface area (Å²) in [6.07, 6.45) is 10.1. The van der Waals surface area contributed by atoms with Gasteiger partial charge in [0.05, 0.1) is 5.52 Å². The zero-order valence-electron chi connectivity index (χ0n) is 14.4. The molecule has 0 bridgehead atoms. The van der Waals surface area contributed by atoms with Gasteiger partial charge in [-0.3, -0.25) is 4.98 Å². The van der Waals surface area contributed by atoms with Crippen LogP contribution in [0.2, 0.25) is 0 Å². The van der Waals surface area contributed by atoms with E-state index < -0.39 is 0 Å². The third kappa shape index (κ3) is 3.33. The first-order chi connectivity index (χ1) is 12.2. The van der Waals surface area contributed by atoms with Gasteiger partial charge in [0.1, 0.15) is 0 Å². The number of fused-ring (bicyclic) bond motifs is 1. The molecule has 0 spiro atoms. The number of benzene rings is 1. The topological polar surface area (TPSA) is 76.7 Å². The lowest BCUT2D eigenvalue weighted by Gasteiger charge is -2.29. The monoisotopic (exact) mass is 333 g/mol. The molecule has 3 N–H and O–H groups in total. The van der Waals surface area contributed by atoms with Crippen LogP contribution in [-0.4, -0.2) is 27.0 Å². The first kappa shape index (κ1) is 16.0. The van der Waals surface area contributed by atoms with Gasteiger partial charge in [-0.15, -0.1) is 0 Å². The molecule has 2 aromatic heterocycles. The van der Waals surface area contributed by atoms with Gasteiger partial charge in [0.25, 0.3) is 0 Å². The summed E-state index contributed by atoms with van der Waals surface area (Å²) in [5, 5.41) is 4.39. The summed E-state index contributed by atoms with van der Waals surface area (Å²) < 4.78 is 0. The van der Waals surface area contributed by atoms with Crippen LogP contribution in [0.25, 0.3) is 22.0 Å². The number of aryl methyl sites for hydroxylation is 1. The van der Waals surface area contributed by atoms with E-state index in [0.717, 1.165) is 34.9 Å². The van der Waals surface area contributed by atoms with Crippen molar-refractivity contribution in [2.45, 2.75) is 44.7 Å². The molecule has 1 aliphatic carbocycles. The zero-order valence-corrected chi connectivity index (χ0v) is 14.4. The van der Waals surface area contributed by atoms with Crippen LogP contribution in [0.1, 0.15) is 31.2 Å². The molecule has 0 aliphatic heterocycles. The van der Waals surface area contributed by atoms with Gasteiger partial charge in [0.2, 0.25) is 5.95 Å². The van der Waals surface area contributed by atoms with Gasteiger partial charge in [-0.1, -0.05) is 42.7 Å². The predicted octanol–water partition coefficient (Wildman–Crippen LogP) is 3.68. The van der Waals surface area contributed by atoms with Crippen molar-refractivity contribution in [2.75, 3.05) is 5.32 Å². The Hall–Kier alpha value is -2.53. The fourth-order valence-corrected chi connectivity index (χ4v) is 3.55. The summed E-state index contributed by atoms with van der Waals surface area (Å²) in [4.78, 5) is 13.6. The normalized spacial score (nSPS) is 20.6. The number of rotatable bonds is 3. The van der Waals surface area contributed by atoms with Crippen molar-refractivity contribution in [3.05, 3.63) is 48.4 Å². The van der Waals surface area contributed by atoms with Gasteiger partial charge in [-0.25, -0.2) is 9.97 Å². The van der Waals surface area contributed by atoms with Gasteiger partial charge < -0.3 is 11.1 Å². The first-order valence-corrected chi connectivity index (χ1v) is 8.90. The van der Waals surface area contributed by atoms with Crippen molar-refractivity contribution >= 4 is 16.9 Å². The van der Waals surface area contributed by atoms with Crippen molar-refractivity contribution in [1.29, 1.82) is 0 Å². The predicted molar refractivity (Wildman–Crippen MR) is 101 cm³/mol. The number of hydrogen-bond donors (Lipinski definition) is 2. The molecule has 0 unspecified atom stereocenters. The van der Waals surface area contributed by atoms with Crippen molar-refractivity contribution in [2.24, 2.45) is 5.73 Å². The van der Waals surface area contributed by atoms with Gasteiger partial charge in [0, 0.05) is 41.6 Å².